The molecule has 0 radical (unpaired) electrons. The zero-order valence-corrected chi connectivity index (χ0v) is 11.6. The lowest BCUT2D eigenvalue weighted by Crippen LogP contribution is -2.33. The minimum atomic E-state index is -0.163. The summed E-state index contributed by atoms with van der Waals surface area (Å²) < 4.78 is 0.930. The molecule has 0 aliphatic heterocycles. The summed E-state index contributed by atoms with van der Waals surface area (Å²) in [7, 11) is 0. The van der Waals surface area contributed by atoms with Crippen LogP contribution in [0, 0.1) is 5.41 Å². The topological polar surface area (TPSA) is 42.0 Å². The monoisotopic (exact) mass is 296 g/mol. The Kier molecular flexibility index (Phi) is 3.82. The van der Waals surface area contributed by atoms with E-state index in [9.17, 15) is 4.79 Å². The third-order valence-corrected chi connectivity index (χ3v) is 4.18. The van der Waals surface area contributed by atoms with Crippen molar-refractivity contribution in [1.82, 2.24) is 4.98 Å². The van der Waals surface area contributed by atoms with Gasteiger partial charge in [0.25, 0.3) is 0 Å². The maximum absolute atomic E-state index is 12.3. The quantitative estimate of drug-likeness (QED) is 0.923. The average molecular weight is 297 g/mol. The van der Waals surface area contributed by atoms with Crippen molar-refractivity contribution in [2.75, 3.05) is 5.32 Å². The number of rotatable bonds is 3. The lowest BCUT2D eigenvalue weighted by molar-refractivity contribution is -0.125. The summed E-state index contributed by atoms with van der Waals surface area (Å²) in [5.74, 6) is 0.757. The summed E-state index contributed by atoms with van der Waals surface area (Å²) in [6, 6.07) is 3.68. The zero-order chi connectivity index (χ0) is 12.3. The first-order valence-corrected chi connectivity index (χ1v) is 6.89. The van der Waals surface area contributed by atoms with Crippen LogP contribution in [0.25, 0.3) is 0 Å². The molecular weight excluding hydrogens is 280 g/mol. The van der Waals surface area contributed by atoms with Gasteiger partial charge in [0.1, 0.15) is 5.82 Å². The van der Waals surface area contributed by atoms with Crippen molar-refractivity contribution < 1.29 is 4.79 Å². The zero-order valence-electron chi connectivity index (χ0n) is 10.0. The molecule has 1 aromatic rings. The molecule has 0 unspecified atom stereocenters. The van der Waals surface area contributed by atoms with Gasteiger partial charge in [0, 0.05) is 16.1 Å². The molecule has 1 aliphatic carbocycles. The van der Waals surface area contributed by atoms with E-state index in [-0.39, 0.29) is 11.3 Å². The molecule has 1 heterocycles. The standard InChI is InChI=1S/C13H17BrN2O/c1-2-13(6-3-4-7-13)12(17)16-11-9-10(14)5-8-15-11/h5,8-9H,2-4,6-7H2,1H3,(H,15,16,17). The van der Waals surface area contributed by atoms with E-state index < -0.39 is 0 Å². The van der Waals surface area contributed by atoms with E-state index in [0.29, 0.717) is 5.82 Å². The van der Waals surface area contributed by atoms with Crippen molar-refractivity contribution in [3.05, 3.63) is 22.8 Å². The molecule has 92 valence electrons. The Morgan fingerprint density at radius 3 is 2.82 bits per heavy atom. The fourth-order valence-corrected chi connectivity index (χ4v) is 2.85. The van der Waals surface area contributed by atoms with Gasteiger partial charge in [-0.15, -0.1) is 0 Å². The van der Waals surface area contributed by atoms with Crippen molar-refractivity contribution in [2.24, 2.45) is 5.41 Å². The maximum atomic E-state index is 12.3. The molecule has 1 N–H and O–H groups in total. The van der Waals surface area contributed by atoms with Gasteiger partial charge in [-0.25, -0.2) is 4.98 Å². The van der Waals surface area contributed by atoms with Crippen LogP contribution in [0.4, 0.5) is 5.82 Å². The van der Waals surface area contributed by atoms with E-state index in [1.54, 1.807) is 6.20 Å². The van der Waals surface area contributed by atoms with Crippen molar-refractivity contribution in [3.63, 3.8) is 0 Å². The summed E-state index contributed by atoms with van der Waals surface area (Å²) in [6.07, 6.45) is 6.92. The van der Waals surface area contributed by atoms with Crippen molar-refractivity contribution in [1.29, 1.82) is 0 Å². The minimum absolute atomic E-state index is 0.128. The van der Waals surface area contributed by atoms with Crippen LogP contribution in [-0.4, -0.2) is 10.9 Å². The fourth-order valence-electron chi connectivity index (χ4n) is 2.51. The van der Waals surface area contributed by atoms with Gasteiger partial charge < -0.3 is 5.32 Å². The van der Waals surface area contributed by atoms with Gasteiger partial charge in [-0.3, -0.25) is 4.79 Å². The molecule has 1 fully saturated rings. The van der Waals surface area contributed by atoms with E-state index in [0.717, 1.165) is 36.6 Å². The number of hydrogen-bond acceptors (Lipinski definition) is 2. The third kappa shape index (κ3) is 2.68. The third-order valence-electron chi connectivity index (χ3n) is 3.68. The average Bonchev–Trinajstić information content (AvgIpc) is 2.78. The number of nitrogens with zero attached hydrogens (tertiary/aromatic N) is 1. The van der Waals surface area contributed by atoms with Gasteiger partial charge >= 0.3 is 0 Å². The van der Waals surface area contributed by atoms with Gasteiger partial charge in [-0.1, -0.05) is 35.7 Å². The largest absolute Gasteiger partial charge is 0.310 e. The number of halogens is 1. The Morgan fingerprint density at radius 1 is 1.53 bits per heavy atom. The predicted molar refractivity (Wildman–Crippen MR) is 71.8 cm³/mol. The van der Waals surface area contributed by atoms with Crippen molar-refractivity contribution in [3.8, 4) is 0 Å². The van der Waals surface area contributed by atoms with Gasteiger partial charge in [-0.05, 0) is 31.4 Å². The molecule has 1 aliphatic rings. The van der Waals surface area contributed by atoms with Crippen LogP contribution >= 0.6 is 15.9 Å². The number of nitrogens with one attached hydrogen (secondary N) is 1. The second-order valence-corrected chi connectivity index (χ2v) is 5.57. The molecule has 0 saturated heterocycles. The Morgan fingerprint density at radius 2 is 2.24 bits per heavy atom. The summed E-state index contributed by atoms with van der Waals surface area (Å²) in [5, 5.41) is 2.94. The Labute approximate surface area is 110 Å². The summed E-state index contributed by atoms with van der Waals surface area (Å²) in [5.41, 5.74) is -0.163. The van der Waals surface area contributed by atoms with E-state index in [1.807, 2.05) is 12.1 Å². The Bertz CT molecular complexity index is 414. The molecule has 1 aromatic heterocycles. The second-order valence-electron chi connectivity index (χ2n) is 4.65. The number of amides is 1. The minimum Gasteiger partial charge on any atom is -0.310 e. The molecule has 1 saturated carbocycles. The summed E-state index contributed by atoms with van der Waals surface area (Å²) in [4.78, 5) is 16.5. The highest BCUT2D eigenvalue weighted by Crippen LogP contribution is 2.41. The lowest BCUT2D eigenvalue weighted by Gasteiger charge is -2.25. The first kappa shape index (κ1) is 12.6. The highest BCUT2D eigenvalue weighted by atomic mass is 79.9. The highest BCUT2D eigenvalue weighted by Gasteiger charge is 2.39. The van der Waals surface area contributed by atoms with Gasteiger partial charge in [-0.2, -0.15) is 0 Å². The van der Waals surface area contributed by atoms with Crippen molar-refractivity contribution in [2.45, 2.75) is 39.0 Å². The number of pyridine rings is 1. The number of hydrogen-bond donors (Lipinski definition) is 1. The number of anilines is 1. The molecular formula is C13H17BrN2O. The molecule has 1 amide bonds. The number of carbonyl (C=O) groups is 1. The smallest absolute Gasteiger partial charge is 0.231 e. The van der Waals surface area contributed by atoms with Crippen LogP contribution < -0.4 is 5.32 Å². The molecule has 0 spiro atoms. The first-order valence-electron chi connectivity index (χ1n) is 6.09. The molecule has 4 heteroatoms. The highest BCUT2D eigenvalue weighted by molar-refractivity contribution is 9.10. The van der Waals surface area contributed by atoms with Crippen LogP contribution in [0.1, 0.15) is 39.0 Å². The number of aromatic nitrogens is 1. The van der Waals surface area contributed by atoms with E-state index in [1.165, 1.54) is 0 Å². The molecule has 0 atom stereocenters. The first-order chi connectivity index (χ1) is 8.16. The van der Waals surface area contributed by atoms with E-state index >= 15 is 0 Å². The van der Waals surface area contributed by atoms with E-state index in [4.69, 9.17) is 0 Å². The SMILES string of the molecule is CCC1(C(=O)Nc2cc(Br)ccn2)CCCC1. The fraction of sp³-hybridized carbons (Fsp3) is 0.538. The van der Waals surface area contributed by atoms with Crippen LogP contribution in [0.15, 0.2) is 22.8 Å². The second kappa shape index (κ2) is 5.17. The molecule has 2 rings (SSSR count). The van der Waals surface area contributed by atoms with Gasteiger partial charge in [0.15, 0.2) is 0 Å². The molecule has 17 heavy (non-hydrogen) atoms. The van der Waals surface area contributed by atoms with Crippen LogP contribution in [-0.2, 0) is 4.79 Å². The lowest BCUT2D eigenvalue weighted by atomic mass is 9.82. The summed E-state index contributed by atoms with van der Waals surface area (Å²) in [6.45, 7) is 2.10. The predicted octanol–water partition coefficient (Wildman–Crippen LogP) is 3.75. The van der Waals surface area contributed by atoms with Crippen LogP contribution in [0.5, 0.6) is 0 Å². The van der Waals surface area contributed by atoms with Crippen molar-refractivity contribution >= 4 is 27.7 Å². The number of carbonyl (C=O) groups excluding carboxylic acids is 1. The molecule has 3 nitrogen and oxygen atoms in total. The van der Waals surface area contributed by atoms with Crippen LogP contribution in [0.3, 0.4) is 0 Å². The Hall–Kier alpha value is -0.900. The summed E-state index contributed by atoms with van der Waals surface area (Å²) >= 11 is 3.37. The maximum Gasteiger partial charge on any atom is 0.231 e. The Balaban J connectivity index is 2.10. The van der Waals surface area contributed by atoms with Crippen LogP contribution in [0.2, 0.25) is 0 Å². The van der Waals surface area contributed by atoms with Gasteiger partial charge in [0.2, 0.25) is 5.91 Å². The normalized spacial score (nSPS) is 18.0. The van der Waals surface area contributed by atoms with E-state index in [2.05, 4.69) is 33.2 Å². The molecule has 0 bridgehead atoms. The molecule has 0 aromatic carbocycles. The van der Waals surface area contributed by atoms with Gasteiger partial charge in [0.05, 0.1) is 0 Å².